The number of carbonyl (C=O) groups excluding carboxylic acids is 2. The molecule has 2 amide bonds. The summed E-state index contributed by atoms with van der Waals surface area (Å²) in [5.41, 5.74) is 0.686. The summed E-state index contributed by atoms with van der Waals surface area (Å²) >= 11 is 0. The lowest BCUT2D eigenvalue weighted by atomic mass is 10.0. The minimum atomic E-state index is -0.433. The van der Waals surface area contributed by atoms with Crippen molar-refractivity contribution in [2.24, 2.45) is 0 Å². The number of likely N-dealkylation sites (N-methyl/N-ethyl adjacent to an activating group) is 1. The molecule has 1 aromatic rings. The summed E-state index contributed by atoms with van der Waals surface area (Å²) in [6.07, 6.45) is 4.56. The fraction of sp³-hybridized carbons (Fsp3) is 0.682. The maximum absolute atomic E-state index is 13.1. The van der Waals surface area contributed by atoms with Crippen LogP contribution in [0.5, 0.6) is 0 Å². The van der Waals surface area contributed by atoms with Crippen molar-refractivity contribution in [1.82, 2.24) is 14.5 Å². The van der Waals surface area contributed by atoms with Crippen LogP contribution >= 0.6 is 0 Å². The van der Waals surface area contributed by atoms with Crippen molar-refractivity contribution in [3.05, 3.63) is 33.7 Å². The minimum absolute atomic E-state index is 0.0290. The van der Waals surface area contributed by atoms with E-state index in [0.717, 1.165) is 19.3 Å². The molecule has 0 radical (unpaired) electrons. The minimum Gasteiger partial charge on any atom is -0.450 e. The highest BCUT2D eigenvalue weighted by atomic mass is 16.5. The summed E-state index contributed by atoms with van der Waals surface area (Å²) in [4.78, 5) is 40.6. The molecule has 30 heavy (non-hydrogen) atoms. The van der Waals surface area contributed by atoms with E-state index in [1.807, 2.05) is 44.7 Å². The molecule has 0 saturated carbocycles. The van der Waals surface area contributed by atoms with E-state index in [-0.39, 0.29) is 17.5 Å². The molecule has 3 rings (SSSR count). The van der Waals surface area contributed by atoms with Crippen LogP contribution in [0.25, 0.3) is 0 Å². The lowest BCUT2D eigenvalue weighted by Gasteiger charge is -2.47. The molecule has 0 unspecified atom stereocenters. The molecule has 3 heterocycles. The zero-order valence-corrected chi connectivity index (χ0v) is 19.6. The topological polar surface area (TPSA) is 75.1 Å². The van der Waals surface area contributed by atoms with Crippen LogP contribution in [0.15, 0.2) is 17.1 Å². The predicted octanol–water partition coefficient (Wildman–Crippen LogP) is 3.07. The second kappa shape index (κ2) is 12.2. The van der Waals surface area contributed by atoms with Gasteiger partial charge in [0.05, 0.1) is 6.61 Å². The monoisotopic (exact) mass is 422 g/mol. The van der Waals surface area contributed by atoms with Crippen LogP contribution in [0.1, 0.15) is 69.9 Å². The summed E-state index contributed by atoms with van der Waals surface area (Å²) in [6, 6.07) is 1.49. The van der Waals surface area contributed by atoms with Crippen LogP contribution in [0.3, 0.4) is 0 Å². The Hall–Kier alpha value is -2.51. The molecule has 0 spiro atoms. The Morgan fingerprint density at radius 3 is 2.50 bits per heavy atom. The lowest BCUT2D eigenvalue weighted by Crippen LogP contribution is -2.61. The van der Waals surface area contributed by atoms with E-state index in [4.69, 9.17) is 4.74 Å². The first-order valence-corrected chi connectivity index (χ1v) is 11.1. The summed E-state index contributed by atoms with van der Waals surface area (Å²) in [5, 5.41) is 2.02. The number of piperidine rings is 1. The third kappa shape index (κ3) is 5.34. The summed E-state index contributed by atoms with van der Waals surface area (Å²) in [6.45, 7) is 11.1. The van der Waals surface area contributed by atoms with Crippen LogP contribution < -0.4 is 10.4 Å². The molecule has 0 N–H and O–H groups in total. The number of pyridine rings is 1. The Balaban J connectivity index is 0.00000106. The SMILES string of the molecule is CC.CC.CCOC(=O)N(C)CCc1c2n(ccc1=O)N(C)[C@@H]1CCCCN1C2=O. The highest BCUT2D eigenvalue weighted by molar-refractivity contribution is 5.95. The molecule has 1 fully saturated rings. The van der Waals surface area contributed by atoms with Crippen molar-refractivity contribution < 1.29 is 14.3 Å². The van der Waals surface area contributed by atoms with Gasteiger partial charge in [0.15, 0.2) is 5.43 Å². The van der Waals surface area contributed by atoms with Crippen molar-refractivity contribution in [2.45, 2.75) is 66.5 Å². The van der Waals surface area contributed by atoms with Gasteiger partial charge in [-0.05, 0) is 32.6 Å². The summed E-state index contributed by atoms with van der Waals surface area (Å²) in [5.74, 6) is -0.0979. The van der Waals surface area contributed by atoms with Gasteiger partial charge in [-0.2, -0.15) is 0 Å². The number of nitrogens with zero attached hydrogens (tertiary/aromatic N) is 4. The zero-order valence-electron chi connectivity index (χ0n) is 19.6. The quantitative estimate of drug-likeness (QED) is 0.745. The van der Waals surface area contributed by atoms with Crippen LogP contribution in [0.2, 0.25) is 0 Å². The smallest absolute Gasteiger partial charge is 0.409 e. The molecular formula is C22H38N4O4. The Morgan fingerprint density at radius 2 is 1.87 bits per heavy atom. The number of rotatable bonds is 4. The number of fused-ring (bicyclic) bond motifs is 2. The lowest BCUT2D eigenvalue weighted by molar-refractivity contribution is 0.0501. The molecule has 2 aliphatic heterocycles. The summed E-state index contributed by atoms with van der Waals surface area (Å²) in [7, 11) is 3.57. The van der Waals surface area contributed by atoms with Gasteiger partial charge in [-0.15, -0.1) is 0 Å². The molecule has 0 bridgehead atoms. The average Bonchev–Trinajstić information content (AvgIpc) is 2.79. The maximum atomic E-state index is 13.1. The van der Waals surface area contributed by atoms with Gasteiger partial charge in [-0.1, -0.05) is 27.7 Å². The van der Waals surface area contributed by atoms with Crippen molar-refractivity contribution in [3.8, 4) is 0 Å². The van der Waals surface area contributed by atoms with Gasteiger partial charge < -0.3 is 14.5 Å². The van der Waals surface area contributed by atoms with Gasteiger partial charge in [-0.25, -0.2) is 4.79 Å². The second-order valence-corrected chi connectivity index (χ2v) is 6.77. The van der Waals surface area contributed by atoms with Crippen LogP contribution in [0, 0.1) is 0 Å². The number of carbonyl (C=O) groups is 2. The molecule has 1 atom stereocenters. The standard InChI is InChI=1S/C18H26N4O4.2C2H6/c1-4-26-18(25)19(2)11-8-13-14(23)9-12-22-16(13)17(24)21-10-6-5-7-15(21)20(22)3;2*1-2/h9,12,15H,4-8,10-11H2,1-3H3;2*1-2H3/t15-;;/m0../s1. The third-order valence-electron chi connectivity index (χ3n) is 5.16. The normalized spacial score (nSPS) is 16.9. The van der Waals surface area contributed by atoms with Crippen LogP contribution in [-0.4, -0.2) is 66.4 Å². The van der Waals surface area contributed by atoms with Gasteiger partial charge in [0.2, 0.25) is 0 Å². The number of hydrogen-bond donors (Lipinski definition) is 0. The van der Waals surface area contributed by atoms with Gasteiger partial charge in [-0.3, -0.25) is 19.3 Å². The Labute approximate surface area is 180 Å². The van der Waals surface area contributed by atoms with Crippen LogP contribution in [0.4, 0.5) is 4.79 Å². The first-order valence-electron chi connectivity index (χ1n) is 11.1. The molecule has 1 saturated heterocycles. The van der Waals surface area contributed by atoms with E-state index in [9.17, 15) is 14.4 Å². The molecule has 8 nitrogen and oxygen atoms in total. The molecule has 1 aromatic heterocycles. The first-order chi connectivity index (χ1) is 14.5. The third-order valence-corrected chi connectivity index (χ3v) is 5.16. The Morgan fingerprint density at radius 1 is 1.20 bits per heavy atom. The average molecular weight is 423 g/mol. The Kier molecular flexibility index (Phi) is 10.4. The van der Waals surface area contributed by atoms with Crippen molar-refractivity contribution in [2.75, 3.05) is 38.8 Å². The Bertz CT molecular complexity index is 762. The fourth-order valence-corrected chi connectivity index (χ4v) is 3.72. The van der Waals surface area contributed by atoms with Crippen LogP contribution in [-0.2, 0) is 11.2 Å². The van der Waals surface area contributed by atoms with E-state index >= 15 is 0 Å². The molecule has 0 aromatic carbocycles. The second-order valence-electron chi connectivity index (χ2n) is 6.77. The molecule has 8 heteroatoms. The van der Waals surface area contributed by atoms with E-state index in [1.165, 1.54) is 11.0 Å². The van der Waals surface area contributed by atoms with Crippen molar-refractivity contribution in [1.29, 1.82) is 0 Å². The van der Waals surface area contributed by atoms with Gasteiger partial charge >= 0.3 is 6.09 Å². The zero-order chi connectivity index (χ0) is 22.8. The molecule has 170 valence electrons. The molecule has 2 aliphatic rings. The number of amides is 2. The van der Waals surface area contributed by atoms with Gasteiger partial charge in [0, 0.05) is 45.0 Å². The number of ether oxygens (including phenoxy) is 1. The molecular weight excluding hydrogens is 384 g/mol. The van der Waals surface area contributed by atoms with E-state index in [1.54, 1.807) is 24.8 Å². The fourth-order valence-electron chi connectivity index (χ4n) is 3.72. The largest absolute Gasteiger partial charge is 0.450 e. The summed E-state index contributed by atoms with van der Waals surface area (Å²) < 4.78 is 6.75. The van der Waals surface area contributed by atoms with Crippen molar-refractivity contribution >= 4 is 12.0 Å². The highest BCUT2D eigenvalue weighted by Gasteiger charge is 2.38. The first kappa shape index (κ1) is 25.5. The van der Waals surface area contributed by atoms with E-state index in [2.05, 4.69) is 0 Å². The van der Waals surface area contributed by atoms with Crippen molar-refractivity contribution in [3.63, 3.8) is 0 Å². The predicted molar refractivity (Wildman–Crippen MR) is 120 cm³/mol. The molecule has 0 aliphatic carbocycles. The maximum Gasteiger partial charge on any atom is 0.409 e. The van der Waals surface area contributed by atoms with E-state index < -0.39 is 6.09 Å². The highest BCUT2D eigenvalue weighted by Crippen LogP contribution is 2.26. The number of hydrogen-bond acceptors (Lipinski definition) is 5. The van der Waals surface area contributed by atoms with Gasteiger partial charge in [0.1, 0.15) is 11.9 Å². The van der Waals surface area contributed by atoms with E-state index in [0.29, 0.717) is 37.4 Å². The number of aromatic nitrogens is 1. The van der Waals surface area contributed by atoms with Gasteiger partial charge in [0.25, 0.3) is 5.91 Å².